The number of rotatable bonds is 6. The van der Waals surface area contributed by atoms with Crippen LogP contribution in [0, 0.1) is 0 Å². The lowest BCUT2D eigenvalue weighted by Crippen LogP contribution is -2.39. The van der Waals surface area contributed by atoms with Gasteiger partial charge in [-0.15, -0.1) is 0 Å². The van der Waals surface area contributed by atoms with Gasteiger partial charge in [-0.3, -0.25) is 9.59 Å². The lowest BCUT2D eigenvalue weighted by molar-refractivity contribution is -0.123. The van der Waals surface area contributed by atoms with Gasteiger partial charge in [0.1, 0.15) is 0 Å². The Morgan fingerprint density at radius 1 is 0.826 bits per heavy atom. The lowest BCUT2D eigenvalue weighted by Gasteiger charge is -2.16. The number of nitrogens with one attached hydrogen (secondary N) is 2. The molecule has 0 spiro atoms. The summed E-state index contributed by atoms with van der Waals surface area (Å²) >= 11 is 0. The molecule has 2 N–H and O–H groups in total. The van der Waals surface area contributed by atoms with Crippen molar-refractivity contribution in [2.75, 3.05) is 13.1 Å². The Bertz CT molecular complexity index is 679. The maximum Gasteiger partial charge on any atom is 0.251 e. The second kappa shape index (κ2) is 6.65. The van der Waals surface area contributed by atoms with Gasteiger partial charge in [0.05, 0.1) is 5.41 Å². The summed E-state index contributed by atoms with van der Waals surface area (Å²) in [6, 6.07) is 18.9. The molecule has 118 valence electrons. The standard InChI is InChI=1S/C19H20N2O2/c22-17(15-7-3-1-4-8-15)20-13-14-21-18(23)19(11-12-19)16-9-5-2-6-10-16/h1-10H,11-14H2,(H,20,22)(H,21,23). The molecule has 0 aromatic heterocycles. The molecule has 0 unspecified atom stereocenters. The van der Waals surface area contributed by atoms with Crippen molar-refractivity contribution in [1.82, 2.24) is 10.6 Å². The van der Waals surface area contributed by atoms with Crippen molar-refractivity contribution in [3.05, 3.63) is 71.8 Å². The molecule has 0 radical (unpaired) electrons. The van der Waals surface area contributed by atoms with Crippen molar-refractivity contribution >= 4 is 11.8 Å². The molecule has 1 aliphatic rings. The van der Waals surface area contributed by atoms with E-state index in [0.717, 1.165) is 18.4 Å². The summed E-state index contributed by atoms with van der Waals surface area (Å²) in [6.07, 6.45) is 1.78. The van der Waals surface area contributed by atoms with Crippen LogP contribution in [0.1, 0.15) is 28.8 Å². The van der Waals surface area contributed by atoms with Gasteiger partial charge in [-0.25, -0.2) is 0 Å². The molecule has 0 atom stereocenters. The third kappa shape index (κ3) is 3.42. The Kier molecular flexibility index (Phi) is 4.42. The molecule has 3 rings (SSSR count). The molecule has 2 aromatic rings. The zero-order chi connectivity index (χ0) is 16.1. The first kappa shape index (κ1) is 15.3. The van der Waals surface area contributed by atoms with E-state index < -0.39 is 0 Å². The average Bonchev–Trinajstić information content (AvgIpc) is 3.42. The smallest absolute Gasteiger partial charge is 0.251 e. The summed E-state index contributed by atoms with van der Waals surface area (Å²) in [4.78, 5) is 24.3. The number of benzene rings is 2. The normalized spacial score (nSPS) is 14.8. The second-order valence-electron chi connectivity index (χ2n) is 5.83. The molecule has 23 heavy (non-hydrogen) atoms. The maximum absolute atomic E-state index is 12.4. The summed E-state index contributed by atoms with van der Waals surface area (Å²) in [7, 11) is 0. The van der Waals surface area contributed by atoms with Crippen LogP contribution in [0.25, 0.3) is 0 Å². The van der Waals surface area contributed by atoms with Crippen molar-refractivity contribution in [2.24, 2.45) is 0 Å². The van der Waals surface area contributed by atoms with Crippen LogP contribution < -0.4 is 10.6 Å². The quantitative estimate of drug-likeness (QED) is 0.804. The largest absolute Gasteiger partial charge is 0.354 e. The molecule has 0 saturated heterocycles. The molecule has 2 amide bonds. The van der Waals surface area contributed by atoms with Gasteiger partial charge in [0.2, 0.25) is 5.91 Å². The van der Waals surface area contributed by atoms with Crippen molar-refractivity contribution < 1.29 is 9.59 Å². The highest BCUT2D eigenvalue weighted by molar-refractivity contribution is 5.94. The number of hydrogen-bond donors (Lipinski definition) is 2. The highest BCUT2D eigenvalue weighted by Crippen LogP contribution is 2.48. The van der Waals surface area contributed by atoms with E-state index in [1.807, 2.05) is 48.5 Å². The predicted molar refractivity (Wildman–Crippen MR) is 89.1 cm³/mol. The van der Waals surface area contributed by atoms with Crippen LogP contribution in [-0.2, 0) is 10.2 Å². The zero-order valence-corrected chi connectivity index (χ0v) is 12.9. The van der Waals surface area contributed by atoms with Gasteiger partial charge in [-0.2, -0.15) is 0 Å². The van der Waals surface area contributed by atoms with E-state index in [4.69, 9.17) is 0 Å². The van der Waals surface area contributed by atoms with Gasteiger partial charge in [0.25, 0.3) is 5.91 Å². The fraction of sp³-hybridized carbons (Fsp3) is 0.263. The van der Waals surface area contributed by atoms with Gasteiger partial charge in [0, 0.05) is 18.7 Å². The molecule has 0 bridgehead atoms. The first-order chi connectivity index (χ1) is 11.2. The minimum absolute atomic E-state index is 0.0534. The summed E-state index contributed by atoms with van der Waals surface area (Å²) in [5.74, 6) is -0.0679. The Hall–Kier alpha value is -2.62. The molecular formula is C19H20N2O2. The number of amides is 2. The summed E-state index contributed by atoms with van der Waals surface area (Å²) in [5.41, 5.74) is 1.35. The average molecular weight is 308 g/mol. The molecule has 1 fully saturated rings. The Balaban J connectivity index is 1.46. The molecule has 4 nitrogen and oxygen atoms in total. The fourth-order valence-electron chi connectivity index (χ4n) is 2.74. The molecular weight excluding hydrogens is 288 g/mol. The second-order valence-corrected chi connectivity index (χ2v) is 5.83. The Morgan fingerprint density at radius 3 is 2.00 bits per heavy atom. The summed E-state index contributed by atoms with van der Waals surface area (Å²) in [5, 5.41) is 5.75. The first-order valence-electron chi connectivity index (χ1n) is 7.89. The molecule has 1 aliphatic carbocycles. The van der Waals surface area contributed by atoms with Gasteiger partial charge in [-0.05, 0) is 30.5 Å². The van der Waals surface area contributed by atoms with Gasteiger partial charge < -0.3 is 10.6 Å². The minimum atomic E-state index is -0.356. The van der Waals surface area contributed by atoms with Crippen LogP contribution in [-0.4, -0.2) is 24.9 Å². The Morgan fingerprint density at radius 2 is 1.39 bits per heavy atom. The van der Waals surface area contributed by atoms with E-state index in [9.17, 15) is 9.59 Å². The molecule has 0 heterocycles. The van der Waals surface area contributed by atoms with E-state index >= 15 is 0 Å². The van der Waals surface area contributed by atoms with Crippen molar-refractivity contribution in [3.8, 4) is 0 Å². The Labute approximate surface area is 135 Å². The van der Waals surface area contributed by atoms with E-state index in [1.165, 1.54) is 0 Å². The van der Waals surface area contributed by atoms with E-state index in [0.29, 0.717) is 18.7 Å². The van der Waals surface area contributed by atoms with Crippen LogP contribution in [0.4, 0.5) is 0 Å². The highest BCUT2D eigenvalue weighted by Gasteiger charge is 2.50. The number of carbonyl (C=O) groups excluding carboxylic acids is 2. The molecule has 0 aliphatic heterocycles. The van der Waals surface area contributed by atoms with Crippen molar-refractivity contribution in [3.63, 3.8) is 0 Å². The molecule has 1 saturated carbocycles. The fourth-order valence-corrected chi connectivity index (χ4v) is 2.74. The number of carbonyl (C=O) groups is 2. The molecule has 4 heteroatoms. The SMILES string of the molecule is O=C(NCCNC(=O)C1(c2ccccc2)CC1)c1ccccc1. The minimum Gasteiger partial charge on any atom is -0.354 e. The lowest BCUT2D eigenvalue weighted by atomic mass is 9.95. The van der Waals surface area contributed by atoms with Crippen molar-refractivity contribution in [1.29, 1.82) is 0 Å². The van der Waals surface area contributed by atoms with Gasteiger partial charge in [-0.1, -0.05) is 48.5 Å². The summed E-state index contributed by atoms with van der Waals surface area (Å²) < 4.78 is 0. The zero-order valence-electron chi connectivity index (χ0n) is 12.9. The first-order valence-corrected chi connectivity index (χ1v) is 7.89. The van der Waals surface area contributed by atoms with Crippen LogP contribution >= 0.6 is 0 Å². The topological polar surface area (TPSA) is 58.2 Å². The third-order valence-corrected chi connectivity index (χ3v) is 4.24. The number of hydrogen-bond acceptors (Lipinski definition) is 2. The van der Waals surface area contributed by atoms with E-state index in [1.54, 1.807) is 12.1 Å². The van der Waals surface area contributed by atoms with Crippen LogP contribution in [0.2, 0.25) is 0 Å². The van der Waals surface area contributed by atoms with Crippen LogP contribution in [0.3, 0.4) is 0 Å². The maximum atomic E-state index is 12.4. The van der Waals surface area contributed by atoms with E-state index in [-0.39, 0.29) is 17.2 Å². The summed E-state index contributed by atoms with van der Waals surface area (Å²) in [6.45, 7) is 0.857. The van der Waals surface area contributed by atoms with Crippen molar-refractivity contribution in [2.45, 2.75) is 18.3 Å². The monoisotopic (exact) mass is 308 g/mol. The van der Waals surface area contributed by atoms with Crippen LogP contribution in [0.5, 0.6) is 0 Å². The highest BCUT2D eigenvalue weighted by atomic mass is 16.2. The predicted octanol–water partition coefficient (Wildman–Crippen LogP) is 2.26. The molecule has 2 aromatic carbocycles. The van der Waals surface area contributed by atoms with Crippen LogP contribution in [0.15, 0.2) is 60.7 Å². The van der Waals surface area contributed by atoms with Gasteiger partial charge in [0.15, 0.2) is 0 Å². The van der Waals surface area contributed by atoms with E-state index in [2.05, 4.69) is 10.6 Å². The third-order valence-electron chi connectivity index (χ3n) is 4.24. The van der Waals surface area contributed by atoms with Gasteiger partial charge >= 0.3 is 0 Å².